The number of imidazole rings is 1. The van der Waals surface area contributed by atoms with E-state index in [4.69, 9.17) is 11.5 Å². The minimum Gasteiger partial charge on any atom is -0.382 e. The van der Waals surface area contributed by atoms with E-state index >= 15 is 0 Å². The van der Waals surface area contributed by atoms with Crippen molar-refractivity contribution in [3.05, 3.63) is 96.2 Å². The molecule has 1 aliphatic heterocycles. The summed E-state index contributed by atoms with van der Waals surface area (Å²) in [4.78, 5) is 19.8. The average Bonchev–Trinajstić information content (AvgIpc) is 3.34. The Labute approximate surface area is 218 Å². The van der Waals surface area contributed by atoms with E-state index in [0.29, 0.717) is 34.8 Å². The Morgan fingerprint density at radius 1 is 0.947 bits per heavy atom. The zero-order valence-corrected chi connectivity index (χ0v) is 20.5. The highest BCUT2D eigenvalue weighted by atomic mass is 19.2. The summed E-state index contributed by atoms with van der Waals surface area (Å²) in [6.45, 7) is 1.20. The van der Waals surface area contributed by atoms with Crippen LogP contribution in [0.4, 0.5) is 20.3 Å². The zero-order valence-electron chi connectivity index (χ0n) is 20.5. The number of nitrogens with two attached hydrogens (primary N) is 2. The van der Waals surface area contributed by atoms with Gasteiger partial charge in [0.2, 0.25) is 0 Å². The molecule has 10 heteroatoms. The summed E-state index contributed by atoms with van der Waals surface area (Å²) in [5.74, 6) is -1.52. The molecular formula is C28H26F2N8. The van der Waals surface area contributed by atoms with Gasteiger partial charge in [-0.15, -0.1) is 0 Å². The van der Waals surface area contributed by atoms with Gasteiger partial charge in [0.15, 0.2) is 23.1 Å². The van der Waals surface area contributed by atoms with Crippen molar-refractivity contribution in [2.45, 2.75) is 31.5 Å². The van der Waals surface area contributed by atoms with Gasteiger partial charge in [0.25, 0.3) is 0 Å². The number of fused-ring (bicyclic) bond motifs is 1. The smallest absolute Gasteiger partial charge is 0.165 e. The Morgan fingerprint density at radius 3 is 2.61 bits per heavy atom. The van der Waals surface area contributed by atoms with Crippen LogP contribution in [0.1, 0.15) is 30.0 Å². The molecule has 192 valence electrons. The van der Waals surface area contributed by atoms with Gasteiger partial charge in [-0.3, -0.25) is 4.98 Å². The van der Waals surface area contributed by atoms with Crippen molar-refractivity contribution in [3.8, 4) is 11.3 Å². The van der Waals surface area contributed by atoms with Crippen molar-refractivity contribution in [3.63, 3.8) is 0 Å². The maximum atomic E-state index is 14.1. The Balaban J connectivity index is 1.48. The normalized spacial score (nSPS) is 17.7. The Bertz CT molecular complexity index is 1600. The molecule has 8 nitrogen and oxygen atoms in total. The van der Waals surface area contributed by atoms with Crippen LogP contribution in [0.2, 0.25) is 0 Å². The molecule has 4 N–H and O–H groups in total. The molecule has 38 heavy (non-hydrogen) atoms. The third-order valence-electron chi connectivity index (χ3n) is 7.08. The van der Waals surface area contributed by atoms with Gasteiger partial charge in [0.1, 0.15) is 11.8 Å². The fourth-order valence-corrected chi connectivity index (χ4v) is 5.26. The summed E-state index contributed by atoms with van der Waals surface area (Å²) < 4.78 is 29.6. The van der Waals surface area contributed by atoms with E-state index in [2.05, 4.69) is 37.0 Å². The lowest BCUT2D eigenvalue weighted by Crippen LogP contribution is -2.46. The van der Waals surface area contributed by atoms with E-state index in [1.807, 2.05) is 28.8 Å². The van der Waals surface area contributed by atoms with Crippen LogP contribution in [-0.4, -0.2) is 37.1 Å². The Morgan fingerprint density at radius 2 is 1.79 bits per heavy atom. The van der Waals surface area contributed by atoms with Gasteiger partial charge < -0.3 is 20.9 Å². The van der Waals surface area contributed by atoms with E-state index in [1.54, 1.807) is 12.5 Å². The number of benzene rings is 2. The van der Waals surface area contributed by atoms with Crippen molar-refractivity contribution < 1.29 is 8.78 Å². The van der Waals surface area contributed by atoms with Crippen LogP contribution < -0.4 is 16.4 Å². The molecule has 0 aliphatic carbocycles. The third kappa shape index (κ3) is 4.32. The number of halogens is 2. The van der Waals surface area contributed by atoms with Crippen LogP contribution in [0.5, 0.6) is 0 Å². The fraction of sp³-hybridized carbons (Fsp3) is 0.214. The summed E-state index contributed by atoms with van der Waals surface area (Å²) in [6.07, 6.45) is 6.72. The first-order chi connectivity index (χ1) is 18.5. The van der Waals surface area contributed by atoms with E-state index in [9.17, 15) is 8.78 Å². The number of piperidine rings is 1. The van der Waals surface area contributed by atoms with Crippen LogP contribution in [0.25, 0.3) is 22.4 Å². The summed E-state index contributed by atoms with van der Waals surface area (Å²) in [6, 6.07) is 15.8. The first kappa shape index (κ1) is 23.9. The second-order valence-electron chi connectivity index (χ2n) is 9.49. The van der Waals surface area contributed by atoms with E-state index < -0.39 is 11.6 Å². The lowest BCUT2D eigenvalue weighted by Gasteiger charge is -2.42. The van der Waals surface area contributed by atoms with Crippen LogP contribution in [0.15, 0.2) is 73.4 Å². The number of aromatic nitrogens is 5. The number of rotatable bonds is 5. The molecule has 0 bridgehead atoms. The Kier molecular flexibility index (Phi) is 6.16. The molecule has 1 saturated heterocycles. The molecule has 1 fully saturated rings. The maximum Gasteiger partial charge on any atom is 0.165 e. The van der Waals surface area contributed by atoms with Crippen molar-refractivity contribution >= 4 is 22.7 Å². The number of anilines is 2. The average molecular weight is 513 g/mol. The van der Waals surface area contributed by atoms with E-state index in [1.165, 1.54) is 12.4 Å². The highest BCUT2D eigenvalue weighted by Crippen LogP contribution is 2.37. The summed E-state index contributed by atoms with van der Waals surface area (Å²) in [5, 5.41) is 0. The SMILES string of the molecule is Nc1ncnc2c1ncn2Cc1cc(-c2ccc(F)c(F)c2)ncc1N1CCC[C@@H](N)[C@H]1c1ccccc1. The van der Waals surface area contributed by atoms with Crippen LogP contribution >= 0.6 is 0 Å². The maximum absolute atomic E-state index is 14.1. The second kappa shape index (κ2) is 9.79. The molecule has 0 amide bonds. The molecule has 0 spiro atoms. The van der Waals surface area contributed by atoms with Gasteiger partial charge in [0, 0.05) is 18.2 Å². The highest BCUT2D eigenvalue weighted by Gasteiger charge is 2.32. The van der Waals surface area contributed by atoms with Gasteiger partial charge in [-0.1, -0.05) is 30.3 Å². The summed E-state index contributed by atoms with van der Waals surface area (Å²) in [5.41, 5.74) is 17.8. The number of hydrogen-bond acceptors (Lipinski definition) is 7. The van der Waals surface area contributed by atoms with Gasteiger partial charge in [0.05, 0.1) is 36.5 Å². The fourth-order valence-electron chi connectivity index (χ4n) is 5.26. The van der Waals surface area contributed by atoms with E-state index in [0.717, 1.165) is 48.3 Å². The lowest BCUT2D eigenvalue weighted by molar-refractivity contribution is 0.408. The first-order valence-corrected chi connectivity index (χ1v) is 12.4. The van der Waals surface area contributed by atoms with Gasteiger partial charge in [-0.05, 0) is 48.2 Å². The molecule has 2 aromatic carbocycles. The molecule has 0 saturated carbocycles. The van der Waals surface area contributed by atoms with E-state index in [-0.39, 0.29) is 12.1 Å². The summed E-state index contributed by atoms with van der Waals surface area (Å²) in [7, 11) is 0. The predicted octanol–water partition coefficient (Wildman–Crippen LogP) is 4.47. The largest absolute Gasteiger partial charge is 0.382 e. The Hall–Kier alpha value is -4.44. The van der Waals surface area contributed by atoms with Gasteiger partial charge in [-0.2, -0.15) is 0 Å². The minimum atomic E-state index is -0.922. The number of pyridine rings is 1. The molecule has 0 unspecified atom stereocenters. The molecule has 6 rings (SSSR count). The van der Waals surface area contributed by atoms with Gasteiger partial charge in [-0.25, -0.2) is 23.7 Å². The molecule has 2 atom stereocenters. The van der Waals surface area contributed by atoms with Crippen LogP contribution in [-0.2, 0) is 6.54 Å². The summed E-state index contributed by atoms with van der Waals surface area (Å²) >= 11 is 0. The van der Waals surface area contributed by atoms with Crippen molar-refractivity contribution in [2.24, 2.45) is 5.73 Å². The monoisotopic (exact) mass is 512 g/mol. The topological polar surface area (TPSA) is 112 Å². The lowest BCUT2D eigenvalue weighted by atomic mass is 9.90. The van der Waals surface area contributed by atoms with Crippen molar-refractivity contribution in [1.82, 2.24) is 24.5 Å². The van der Waals surface area contributed by atoms with Crippen LogP contribution in [0, 0.1) is 11.6 Å². The minimum absolute atomic E-state index is 0.0443. The van der Waals surface area contributed by atoms with Gasteiger partial charge >= 0.3 is 0 Å². The molecular weight excluding hydrogens is 486 g/mol. The molecule has 1 aliphatic rings. The predicted molar refractivity (Wildman–Crippen MR) is 142 cm³/mol. The number of nitrogen functional groups attached to an aromatic ring is 1. The highest BCUT2D eigenvalue weighted by molar-refractivity contribution is 5.81. The number of hydrogen-bond donors (Lipinski definition) is 2. The quantitative estimate of drug-likeness (QED) is 0.357. The molecule has 4 heterocycles. The number of nitrogens with zero attached hydrogens (tertiary/aromatic N) is 6. The molecule has 3 aromatic heterocycles. The third-order valence-corrected chi connectivity index (χ3v) is 7.08. The van der Waals surface area contributed by atoms with Crippen molar-refractivity contribution in [2.75, 3.05) is 17.2 Å². The zero-order chi connectivity index (χ0) is 26.2. The molecule has 0 radical (unpaired) electrons. The first-order valence-electron chi connectivity index (χ1n) is 12.4. The standard InChI is InChI=1S/C28H26F2N8/c29-20-9-8-18(11-21(20)30)23-12-19(14-37-16-36-25-27(32)34-15-35-28(25)37)24(13-33-23)38-10-4-7-22(31)26(38)17-5-2-1-3-6-17/h1-3,5-6,8-9,11-13,15-16,22,26H,4,7,10,14,31H2,(H2,32,34,35)/t22-,26-/m1/s1. The van der Waals surface area contributed by atoms with Crippen molar-refractivity contribution in [1.29, 1.82) is 0 Å². The second-order valence-corrected chi connectivity index (χ2v) is 9.49. The van der Waals surface area contributed by atoms with Crippen LogP contribution in [0.3, 0.4) is 0 Å². The molecule has 5 aromatic rings.